The molecule has 0 N–H and O–H groups in total. The van der Waals surface area contributed by atoms with Crippen molar-refractivity contribution in [3.63, 3.8) is 0 Å². The van der Waals surface area contributed by atoms with E-state index < -0.39 is 55.6 Å². The molecule has 0 unspecified atom stereocenters. The van der Waals surface area contributed by atoms with Gasteiger partial charge in [0.15, 0.2) is 0 Å². The maximum atomic E-state index is 12.8. The molecule has 0 bridgehead atoms. The van der Waals surface area contributed by atoms with E-state index in [-0.39, 0.29) is 12.2 Å². The molecule has 1 heterocycles. The van der Waals surface area contributed by atoms with E-state index in [1.165, 1.54) is 0 Å². The van der Waals surface area contributed by atoms with Crippen LogP contribution in [0.2, 0.25) is 0 Å². The molecule has 12 heteroatoms. The minimum absolute atomic E-state index is 0.0936. The van der Waals surface area contributed by atoms with Crippen molar-refractivity contribution in [3.8, 4) is 0 Å². The molecule has 0 aromatic heterocycles. The van der Waals surface area contributed by atoms with Crippen LogP contribution in [-0.4, -0.2) is 24.2 Å². The summed E-state index contributed by atoms with van der Waals surface area (Å²) < 4.78 is 123. The maximum absolute atomic E-state index is 12.8. The van der Waals surface area contributed by atoms with Crippen LogP contribution < -0.4 is 0 Å². The summed E-state index contributed by atoms with van der Waals surface area (Å²) in [5.74, 6) is -10.6. The molecule has 116 valence electrons. The Hall–Kier alpha value is -0.520. The largest absolute Gasteiger partial charge is 0.458 e. The summed E-state index contributed by atoms with van der Waals surface area (Å²) >= 11 is 0. The van der Waals surface area contributed by atoms with Gasteiger partial charge in [-0.15, -0.1) is 0 Å². The van der Waals surface area contributed by atoms with Gasteiger partial charge in [-0.2, -0.15) is 43.9 Å². The van der Waals surface area contributed by atoms with Crippen molar-refractivity contribution in [2.45, 2.75) is 24.2 Å². The fourth-order valence-corrected chi connectivity index (χ4v) is 3.26. The van der Waals surface area contributed by atoms with E-state index in [0.717, 1.165) is 0 Å². The van der Waals surface area contributed by atoms with E-state index >= 15 is 0 Å². The molecule has 0 radical (unpaired) electrons. The molecule has 0 spiro atoms. The molecule has 0 saturated carbocycles. The minimum Gasteiger partial charge on any atom is -0.190 e. The average Bonchev–Trinajstić information content (AvgIpc) is 2.26. The van der Waals surface area contributed by atoms with E-state index in [1.54, 1.807) is 0 Å². The van der Waals surface area contributed by atoms with Gasteiger partial charge in [-0.3, -0.25) is 0 Å². The van der Waals surface area contributed by atoms with Crippen LogP contribution in [0.3, 0.4) is 0 Å². The summed E-state index contributed by atoms with van der Waals surface area (Å²) in [5.41, 5.74) is 0. The molecule has 0 saturated heterocycles. The van der Waals surface area contributed by atoms with E-state index in [9.17, 15) is 43.9 Å². The lowest BCUT2D eigenvalue weighted by Gasteiger charge is -2.26. The zero-order chi connectivity index (χ0) is 16.0. The SMILES string of the molecule is FC(F)(F)C(F)(F)C1=CC=C(C(F)(F)C(F)(F)F)SS1. The van der Waals surface area contributed by atoms with Crippen LogP contribution in [0.25, 0.3) is 0 Å². The van der Waals surface area contributed by atoms with Gasteiger partial charge in [0.2, 0.25) is 0 Å². The second kappa shape index (κ2) is 5.04. The molecule has 0 aromatic rings. The molecule has 1 aliphatic rings. The lowest BCUT2D eigenvalue weighted by molar-refractivity contribution is -0.261. The first-order valence-corrected chi connectivity index (χ1v) is 6.53. The molecule has 0 nitrogen and oxygen atoms in total. The van der Waals surface area contributed by atoms with Gasteiger partial charge in [-0.1, -0.05) is 21.6 Å². The standard InChI is InChI=1S/C8H2F10S2/c9-5(10,7(13,14)15)3-1-2-4(20-19-3)6(11,12)8(16,17)18/h1-2H. The van der Waals surface area contributed by atoms with Crippen molar-refractivity contribution in [1.29, 1.82) is 0 Å². The summed E-state index contributed by atoms with van der Waals surface area (Å²) in [6, 6.07) is 0. The summed E-state index contributed by atoms with van der Waals surface area (Å²) in [6.45, 7) is 0. The number of hydrogen-bond donors (Lipinski definition) is 0. The molecule has 0 aliphatic carbocycles. The van der Waals surface area contributed by atoms with Crippen LogP contribution >= 0.6 is 21.6 Å². The van der Waals surface area contributed by atoms with Gasteiger partial charge in [0.05, 0.1) is 9.81 Å². The van der Waals surface area contributed by atoms with Crippen molar-refractivity contribution >= 4 is 21.6 Å². The molecule has 0 amide bonds. The summed E-state index contributed by atoms with van der Waals surface area (Å²) in [6.07, 6.45) is -12.1. The quantitative estimate of drug-likeness (QED) is 0.472. The number of rotatable bonds is 2. The van der Waals surface area contributed by atoms with E-state index in [2.05, 4.69) is 0 Å². The van der Waals surface area contributed by atoms with Gasteiger partial charge >= 0.3 is 24.2 Å². The van der Waals surface area contributed by atoms with Gasteiger partial charge in [0.1, 0.15) is 0 Å². The molecule has 0 fully saturated rings. The number of halogens is 10. The fraction of sp³-hybridized carbons (Fsp3) is 0.500. The summed E-state index contributed by atoms with van der Waals surface area (Å²) in [5, 5.41) is 0. The lowest BCUT2D eigenvalue weighted by Crippen LogP contribution is -2.39. The second-order valence-electron chi connectivity index (χ2n) is 3.37. The van der Waals surface area contributed by atoms with Gasteiger partial charge in [0, 0.05) is 0 Å². The highest BCUT2D eigenvalue weighted by Crippen LogP contribution is 2.56. The van der Waals surface area contributed by atoms with Crippen LogP contribution in [0.5, 0.6) is 0 Å². The normalized spacial score (nSPS) is 18.7. The van der Waals surface area contributed by atoms with E-state index in [1.807, 2.05) is 0 Å². The number of hydrogen-bond acceptors (Lipinski definition) is 2. The molecule has 20 heavy (non-hydrogen) atoms. The predicted octanol–water partition coefficient (Wildman–Crippen LogP) is 5.54. The van der Waals surface area contributed by atoms with Crippen molar-refractivity contribution in [2.24, 2.45) is 0 Å². The Labute approximate surface area is 112 Å². The van der Waals surface area contributed by atoms with Crippen molar-refractivity contribution in [3.05, 3.63) is 22.0 Å². The third-order valence-corrected chi connectivity index (χ3v) is 4.49. The van der Waals surface area contributed by atoms with Gasteiger partial charge in [-0.25, -0.2) is 0 Å². The highest BCUT2D eigenvalue weighted by molar-refractivity contribution is 8.79. The number of alkyl halides is 10. The van der Waals surface area contributed by atoms with Crippen LogP contribution in [0.4, 0.5) is 43.9 Å². The van der Waals surface area contributed by atoms with Crippen LogP contribution in [-0.2, 0) is 0 Å². The Balaban J connectivity index is 3.10. The van der Waals surface area contributed by atoms with Crippen molar-refractivity contribution in [2.75, 3.05) is 0 Å². The summed E-state index contributed by atoms with van der Waals surface area (Å²) in [4.78, 5) is -3.34. The van der Waals surface area contributed by atoms with Gasteiger partial charge in [-0.05, 0) is 12.2 Å². The van der Waals surface area contributed by atoms with Crippen LogP contribution in [0, 0.1) is 0 Å². The van der Waals surface area contributed by atoms with E-state index in [4.69, 9.17) is 0 Å². The third-order valence-electron chi connectivity index (χ3n) is 1.94. The van der Waals surface area contributed by atoms with Crippen molar-refractivity contribution < 1.29 is 43.9 Å². The van der Waals surface area contributed by atoms with Crippen LogP contribution in [0.1, 0.15) is 0 Å². The monoisotopic (exact) mass is 352 g/mol. The van der Waals surface area contributed by atoms with Gasteiger partial charge in [0.25, 0.3) is 0 Å². The smallest absolute Gasteiger partial charge is 0.190 e. The van der Waals surface area contributed by atoms with Crippen molar-refractivity contribution in [1.82, 2.24) is 0 Å². The predicted molar refractivity (Wildman–Crippen MR) is 53.4 cm³/mol. The van der Waals surface area contributed by atoms with Gasteiger partial charge < -0.3 is 0 Å². The Morgan fingerprint density at radius 2 is 0.800 bits per heavy atom. The first kappa shape index (κ1) is 17.5. The zero-order valence-electron chi connectivity index (χ0n) is 8.75. The molecule has 1 aliphatic heterocycles. The molecule has 0 atom stereocenters. The zero-order valence-corrected chi connectivity index (χ0v) is 10.4. The lowest BCUT2D eigenvalue weighted by atomic mass is 10.2. The highest BCUT2D eigenvalue weighted by atomic mass is 33.1. The Kier molecular flexibility index (Phi) is 4.42. The molecule has 1 rings (SSSR count). The molecular formula is C8H2F10S2. The molecular weight excluding hydrogens is 350 g/mol. The Bertz CT molecular complexity index is 399. The second-order valence-corrected chi connectivity index (χ2v) is 5.59. The first-order chi connectivity index (χ1) is 8.71. The minimum atomic E-state index is -5.97. The highest BCUT2D eigenvalue weighted by Gasteiger charge is 2.63. The average molecular weight is 352 g/mol. The number of allylic oxidation sites excluding steroid dienone is 4. The third kappa shape index (κ3) is 3.05. The summed E-state index contributed by atoms with van der Waals surface area (Å²) in [7, 11) is -0.985. The topological polar surface area (TPSA) is 0 Å². The fourth-order valence-electron chi connectivity index (χ4n) is 0.890. The van der Waals surface area contributed by atoms with E-state index in [0.29, 0.717) is 0 Å². The maximum Gasteiger partial charge on any atom is 0.458 e. The van der Waals surface area contributed by atoms with Crippen LogP contribution in [0.15, 0.2) is 22.0 Å². The Morgan fingerprint density at radius 3 is 0.950 bits per heavy atom. The molecule has 0 aromatic carbocycles. The Morgan fingerprint density at radius 1 is 0.550 bits per heavy atom. The first-order valence-electron chi connectivity index (χ1n) is 4.38.